The smallest absolute Gasteiger partial charge is 0.223 e. The van der Waals surface area contributed by atoms with Crippen LogP contribution in [-0.4, -0.2) is 24.2 Å². The first-order valence-corrected chi connectivity index (χ1v) is 7.92. The number of fused-ring (bicyclic) bond motifs is 1. The van der Waals surface area contributed by atoms with Crippen LogP contribution in [0.25, 0.3) is 0 Å². The van der Waals surface area contributed by atoms with E-state index in [2.05, 4.69) is 5.32 Å². The molecule has 23 heavy (non-hydrogen) atoms. The van der Waals surface area contributed by atoms with Crippen molar-refractivity contribution in [2.45, 2.75) is 57.3 Å². The van der Waals surface area contributed by atoms with E-state index in [9.17, 15) is 4.79 Å². The first-order valence-electron chi connectivity index (χ1n) is 7.92. The third-order valence-electron chi connectivity index (χ3n) is 4.26. The van der Waals surface area contributed by atoms with Crippen molar-refractivity contribution < 1.29 is 14.3 Å². The van der Waals surface area contributed by atoms with E-state index in [1.54, 1.807) is 0 Å². The van der Waals surface area contributed by atoms with E-state index < -0.39 is 0 Å². The third kappa shape index (κ3) is 4.30. The van der Waals surface area contributed by atoms with Crippen LogP contribution in [-0.2, 0) is 9.53 Å². The Bertz CT molecular complexity index is 571. The van der Waals surface area contributed by atoms with E-state index in [0.717, 1.165) is 37.2 Å². The average molecular weight is 341 g/mol. The zero-order valence-corrected chi connectivity index (χ0v) is 14.4. The predicted molar refractivity (Wildman–Crippen MR) is 91.9 cm³/mol. The van der Waals surface area contributed by atoms with E-state index in [0.29, 0.717) is 12.1 Å². The first kappa shape index (κ1) is 17.9. The molecule has 1 saturated heterocycles. The Morgan fingerprint density at radius 3 is 2.91 bits per heavy atom. The minimum Gasteiger partial charge on any atom is -0.487 e. The molecule has 0 aliphatic carbocycles. The molecule has 0 saturated carbocycles. The van der Waals surface area contributed by atoms with Crippen LogP contribution in [0.2, 0.25) is 0 Å². The van der Waals surface area contributed by atoms with Crippen molar-refractivity contribution in [1.29, 1.82) is 0 Å². The standard InChI is InChI=1S/C17H24N2O3.ClH/c1-17(2)10-14(13-8-11(18)5-6-15(13)22-17)19-16(20)9-12-4-3-7-21-12;/h5-6,8,12,14H,3-4,7,9-10,18H2,1-2H3,(H,19,20);1H. The van der Waals surface area contributed by atoms with Crippen molar-refractivity contribution in [3.63, 3.8) is 0 Å². The van der Waals surface area contributed by atoms with Gasteiger partial charge in [-0.2, -0.15) is 0 Å². The molecule has 2 heterocycles. The highest BCUT2D eigenvalue weighted by atomic mass is 35.5. The van der Waals surface area contributed by atoms with Gasteiger partial charge in [0, 0.05) is 24.3 Å². The minimum absolute atomic E-state index is 0. The molecule has 1 aromatic rings. The second-order valence-corrected chi connectivity index (χ2v) is 6.82. The monoisotopic (exact) mass is 340 g/mol. The van der Waals surface area contributed by atoms with Crippen LogP contribution in [0.5, 0.6) is 5.75 Å². The van der Waals surface area contributed by atoms with Crippen LogP contribution < -0.4 is 15.8 Å². The number of nitrogens with one attached hydrogen (secondary N) is 1. The van der Waals surface area contributed by atoms with E-state index in [1.165, 1.54) is 0 Å². The quantitative estimate of drug-likeness (QED) is 0.830. The van der Waals surface area contributed by atoms with Crippen molar-refractivity contribution >= 4 is 24.0 Å². The predicted octanol–water partition coefficient (Wildman–Crippen LogP) is 2.98. The van der Waals surface area contributed by atoms with Gasteiger partial charge < -0.3 is 20.5 Å². The molecule has 0 spiro atoms. The van der Waals surface area contributed by atoms with Gasteiger partial charge in [0.05, 0.1) is 18.6 Å². The van der Waals surface area contributed by atoms with Crippen molar-refractivity contribution in [1.82, 2.24) is 5.32 Å². The van der Waals surface area contributed by atoms with Crippen molar-refractivity contribution in [2.75, 3.05) is 12.3 Å². The maximum Gasteiger partial charge on any atom is 0.223 e. The van der Waals surface area contributed by atoms with Gasteiger partial charge in [0.15, 0.2) is 0 Å². The number of nitrogen functional groups attached to an aromatic ring is 1. The highest BCUT2D eigenvalue weighted by molar-refractivity contribution is 5.85. The number of carbonyl (C=O) groups excluding carboxylic acids is 1. The zero-order valence-electron chi connectivity index (χ0n) is 13.6. The fourth-order valence-corrected chi connectivity index (χ4v) is 3.27. The summed E-state index contributed by atoms with van der Waals surface area (Å²) in [6.07, 6.45) is 3.22. The highest BCUT2D eigenvalue weighted by Gasteiger charge is 2.35. The summed E-state index contributed by atoms with van der Waals surface area (Å²) in [5.41, 5.74) is 7.21. The number of carbonyl (C=O) groups is 1. The maximum absolute atomic E-state index is 12.3. The summed E-state index contributed by atoms with van der Waals surface area (Å²) in [5.74, 6) is 0.829. The van der Waals surface area contributed by atoms with Crippen LogP contribution >= 0.6 is 12.4 Å². The zero-order chi connectivity index (χ0) is 15.7. The molecule has 0 aromatic heterocycles. The molecule has 0 radical (unpaired) electrons. The van der Waals surface area contributed by atoms with Gasteiger partial charge in [-0.25, -0.2) is 0 Å². The lowest BCUT2D eigenvalue weighted by molar-refractivity contribution is -0.124. The average Bonchev–Trinajstić information content (AvgIpc) is 2.91. The minimum atomic E-state index is -0.315. The number of benzene rings is 1. The molecule has 2 atom stereocenters. The molecule has 2 unspecified atom stereocenters. The van der Waals surface area contributed by atoms with Gasteiger partial charge in [-0.1, -0.05) is 0 Å². The number of hydrogen-bond acceptors (Lipinski definition) is 4. The molecular formula is C17H25ClN2O3. The van der Waals surface area contributed by atoms with Gasteiger partial charge in [0.25, 0.3) is 0 Å². The summed E-state index contributed by atoms with van der Waals surface area (Å²) in [7, 11) is 0. The van der Waals surface area contributed by atoms with E-state index in [1.807, 2.05) is 32.0 Å². The fourth-order valence-electron chi connectivity index (χ4n) is 3.27. The van der Waals surface area contributed by atoms with Gasteiger partial charge in [-0.05, 0) is 44.9 Å². The Kier molecular flexibility index (Phi) is 5.42. The molecule has 128 valence electrons. The first-order chi connectivity index (χ1) is 10.4. The van der Waals surface area contributed by atoms with Crippen LogP contribution in [0.1, 0.15) is 51.1 Å². The molecule has 2 aliphatic heterocycles. The number of anilines is 1. The molecule has 1 fully saturated rings. The van der Waals surface area contributed by atoms with Gasteiger partial charge in [0.1, 0.15) is 11.4 Å². The lowest BCUT2D eigenvalue weighted by Crippen LogP contribution is -2.41. The lowest BCUT2D eigenvalue weighted by atomic mass is 9.89. The number of rotatable bonds is 3. The van der Waals surface area contributed by atoms with Crippen LogP contribution in [0.3, 0.4) is 0 Å². The van der Waals surface area contributed by atoms with Gasteiger partial charge in [-0.15, -0.1) is 12.4 Å². The molecule has 3 rings (SSSR count). The van der Waals surface area contributed by atoms with Crippen molar-refractivity contribution in [3.8, 4) is 5.75 Å². The third-order valence-corrected chi connectivity index (χ3v) is 4.26. The fraction of sp³-hybridized carbons (Fsp3) is 0.588. The Morgan fingerprint density at radius 2 is 2.22 bits per heavy atom. The summed E-state index contributed by atoms with van der Waals surface area (Å²) < 4.78 is 11.5. The molecule has 0 bridgehead atoms. The Hall–Kier alpha value is -1.46. The molecule has 6 heteroatoms. The van der Waals surface area contributed by atoms with Crippen LogP contribution in [0.4, 0.5) is 5.69 Å². The lowest BCUT2D eigenvalue weighted by Gasteiger charge is -2.38. The summed E-state index contributed by atoms with van der Waals surface area (Å²) in [5, 5.41) is 3.13. The number of amides is 1. The maximum atomic E-state index is 12.3. The highest BCUT2D eigenvalue weighted by Crippen LogP contribution is 2.40. The largest absolute Gasteiger partial charge is 0.487 e. The number of nitrogens with two attached hydrogens (primary N) is 1. The van der Waals surface area contributed by atoms with Crippen LogP contribution in [0, 0.1) is 0 Å². The molecular weight excluding hydrogens is 316 g/mol. The second-order valence-electron chi connectivity index (χ2n) is 6.82. The van der Waals surface area contributed by atoms with Gasteiger partial charge in [0.2, 0.25) is 5.91 Å². The van der Waals surface area contributed by atoms with Gasteiger partial charge in [-0.3, -0.25) is 4.79 Å². The molecule has 2 aliphatic rings. The van der Waals surface area contributed by atoms with Gasteiger partial charge >= 0.3 is 0 Å². The molecule has 5 nitrogen and oxygen atoms in total. The Labute approximate surface area is 143 Å². The molecule has 3 N–H and O–H groups in total. The van der Waals surface area contributed by atoms with Crippen LogP contribution in [0.15, 0.2) is 18.2 Å². The Morgan fingerprint density at radius 1 is 1.43 bits per heavy atom. The van der Waals surface area contributed by atoms with E-state index in [-0.39, 0.29) is 36.1 Å². The Balaban J connectivity index is 0.00000192. The van der Waals surface area contributed by atoms with Crippen molar-refractivity contribution in [2.24, 2.45) is 0 Å². The summed E-state index contributed by atoms with van der Waals surface area (Å²) in [6.45, 7) is 4.83. The molecule has 1 aromatic carbocycles. The van der Waals surface area contributed by atoms with E-state index in [4.69, 9.17) is 15.2 Å². The second kappa shape index (κ2) is 6.97. The number of ether oxygens (including phenoxy) is 2. The summed E-state index contributed by atoms with van der Waals surface area (Å²) in [6, 6.07) is 5.52. The SMILES string of the molecule is CC1(C)CC(NC(=O)CC2CCCO2)c2cc(N)ccc2O1.Cl. The summed E-state index contributed by atoms with van der Waals surface area (Å²) >= 11 is 0. The normalized spacial score (nSPS) is 25.0. The topological polar surface area (TPSA) is 73.6 Å². The number of hydrogen-bond donors (Lipinski definition) is 2. The van der Waals surface area contributed by atoms with Crippen molar-refractivity contribution in [3.05, 3.63) is 23.8 Å². The van der Waals surface area contributed by atoms with E-state index >= 15 is 0 Å². The summed E-state index contributed by atoms with van der Waals surface area (Å²) in [4.78, 5) is 12.3. The number of halogens is 1. The molecule has 1 amide bonds.